The van der Waals surface area contributed by atoms with Crippen LogP contribution in [0.15, 0.2) is 18.2 Å². The summed E-state index contributed by atoms with van der Waals surface area (Å²) < 4.78 is 0. The summed E-state index contributed by atoms with van der Waals surface area (Å²) in [4.78, 5) is 2.38. The molecule has 1 aromatic carbocycles. The molecule has 0 radical (unpaired) electrons. The van der Waals surface area contributed by atoms with Crippen molar-refractivity contribution in [1.82, 2.24) is 5.32 Å². The summed E-state index contributed by atoms with van der Waals surface area (Å²) in [5, 5.41) is 12.8. The van der Waals surface area contributed by atoms with Crippen LogP contribution in [0.3, 0.4) is 0 Å². The Labute approximate surface area is 110 Å². The Bertz CT molecular complexity index is 392. The molecule has 0 aliphatic carbocycles. The van der Waals surface area contributed by atoms with Crippen molar-refractivity contribution in [3.8, 4) is 0 Å². The highest BCUT2D eigenvalue weighted by molar-refractivity contribution is 5.56. The predicted octanol–water partition coefficient (Wildman–Crippen LogP) is 2.07. The largest absolute Gasteiger partial charge is 0.394 e. The van der Waals surface area contributed by atoms with E-state index < -0.39 is 0 Å². The molecule has 2 N–H and O–H groups in total. The summed E-state index contributed by atoms with van der Waals surface area (Å²) in [5.74, 6) is 0. The number of hydrogen-bond acceptors (Lipinski definition) is 3. The van der Waals surface area contributed by atoms with Crippen LogP contribution in [0.25, 0.3) is 0 Å². The summed E-state index contributed by atoms with van der Waals surface area (Å²) in [5.41, 5.74) is 3.91. The van der Waals surface area contributed by atoms with Crippen LogP contribution < -0.4 is 10.2 Å². The molecule has 2 rings (SSSR count). The van der Waals surface area contributed by atoms with E-state index in [-0.39, 0.29) is 12.6 Å². The van der Waals surface area contributed by atoms with Gasteiger partial charge in [0, 0.05) is 18.8 Å². The maximum Gasteiger partial charge on any atom is 0.0635 e. The minimum Gasteiger partial charge on any atom is -0.394 e. The number of nitrogens with zero attached hydrogens (tertiary/aromatic N) is 1. The minimum atomic E-state index is 0.257. The quantitative estimate of drug-likeness (QED) is 0.856. The number of anilines is 1. The van der Waals surface area contributed by atoms with E-state index in [0.717, 1.165) is 19.5 Å². The monoisotopic (exact) mass is 248 g/mol. The normalized spacial score (nSPS) is 20.2. The Morgan fingerprint density at radius 3 is 2.94 bits per heavy atom. The zero-order valence-corrected chi connectivity index (χ0v) is 11.4. The number of aliphatic hydroxyl groups is 1. The molecular weight excluding hydrogens is 224 g/mol. The van der Waals surface area contributed by atoms with Crippen LogP contribution >= 0.6 is 0 Å². The van der Waals surface area contributed by atoms with E-state index in [0.29, 0.717) is 0 Å². The maximum absolute atomic E-state index is 9.54. The van der Waals surface area contributed by atoms with Gasteiger partial charge >= 0.3 is 0 Å². The molecule has 18 heavy (non-hydrogen) atoms. The van der Waals surface area contributed by atoms with Gasteiger partial charge in [0.15, 0.2) is 0 Å². The molecule has 1 aromatic rings. The van der Waals surface area contributed by atoms with Gasteiger partial charge in [-0.2, -0.15) is 0 Å². The lowest BCUT2D eigenvalue weighted by Crippen LogP contribution is -2.42. The van der Waals surface area contributed by atoms with Gasteiger partial charge in [0.25, 0.3) is 0 Å². The van der Waals surface area contributed by atoms with Crippen LogP contribution in [-0.4, -0.2) is 31.3 Å². The number of nitrogens with one attached hydrogen (secondary N) is 1. The molecule has 1 unspecified atom stereocenters. The SMILES string of the molecule is CNCc1cc(C)ccc1N1CCCCC1CO. The van der Waals surface area contributed by atoms with Crippen molar-refractivity contribution in [1.29, 1.82) is 0 Å². The van der Waals surface area contributed by atoms with Crippen molar-refractivity contribution < 1.29 is 5.11 Å². The van der Waals surface area contributed by atoms with E-state index in [1.54, 1.807) is 0 Å². The first-order valence-electron chi connectivity index (χ1n) is 6.88. The Morgan fingerprint density at radius 1 is 1.39 bits per heavy atom. The van der Waals surface area contributed by atoms with Gasteiger partial charge in [-0.3, -0.25) is 0 Å². The van der Waals surface area contributed by atoms with Crippen LogP contribution in [0.5, 0.6) is 0 Å². The molecule has 0 spiro atoms. The van der Waals surface area contributed by atoms with Crippen LogP contribution in [0.4, 0.5) is 5.69 Å². The molecular formula is C15H24N2O. The van der Waals surface area contributed by atoms with Crippen LogP contribution in [0, 0.1) is 6.92 Å². The number of piperidine rings is 1. The number of hydrogen-bond donors (Lipinski definition) is 2. The second-order valence-corrected chi connectivity index (χ2v) is 5.19. The summed E-state index contributed by atoms with van der Waals surface area (Å²) in [6, 6.07) is 6.90. The number of aliphatic hydroxyl groups excluding tert-OH is 1. The fourth-order valence-electron chi connectivity index (χ4n) is 2.83. The Hall–Kier alpha value is -1.06. The summed E-state index contributed by atoms with van der Waals surface area (Å²) in [6.07, 6.45) is 3.56. The third-order valence-corrected chi connectivity index (χ3v) is 3.75. The molecule has 1 saturated heterocycles. The van der Waals surface area contributed by atoms with E-state index >= 15 is 0 Å². The molecule has 3 heteroatoms. The molecule has 0 amide bonds. The fourth-order valence-corrected chi connectivity index (χ4v) is 2.83. The summed E-state index contributed by atoms with van der Waals surface area (Å²) in [6.45, 7) is 4.33. The fraction of sp³-hybridized carbons (Fsp3) is 0.600. The Kier molecular flexibility index (Phi) is 4.61. The average molecular weight is 248 g/mol. The molecule has 0 saturated carbocycles. The number of benzene rings is 1. The predicted molar refractivity (Wildman–Crippen MR) is 76.0 cm³/mol. The molecule has 1 aliphatic heterocycles. The first kappa shape index (κ1) is 13.4. The smallest absolute Gasteiger partial charge is 0.0635 e. The van der Waals surface area contributed by atoms with Gasteiger partial charge in [0.05, 0.1) is 12.6 Å². The van der Waals surface area contributed by atoms with Crippen molar-refractivity contribution in [2.24, 2.45) is 0 Å². The van der Waals surface area contributed by atoms with Crippen molar-refractivity contribution in [2.45, 2.75) is 38.8 Å². The molecule has 1 atom stereocenters. The van der Waals surface area contributed by atoms with E-state index in [1.165, 1.54) is 29.7 Å². The maximum atomic E-state index is 9.54. The topological polar surface area (TPSA) is 35.5 Å². The molecule has 3 nitrogen and oxygen atoms in total. The highest BCUT2D eigenvalue weighted by Gasteiger charge is 2.23. The lowest BCUT2D eigenvalue weighted by Gasteiger charge is -2.37. The minimum absolute atomic E-state index is 0.257. The van der Waals surface area contributed by atoms with Gasteiger partial charge in [-0.1, -0.05) is 17.7 Å². The standard InChI is InChI=1S/C15H24N2O/c1-12-6-7-15(13(9-12)10-16-2)17-8-4-3-5-14(17)11-18/h6-7,9,14,16,18H,3-5,8,10-11H2,1-2H3. The van der Waals surface area contributed by atoms with E-state index in [4.69, 9.17) is 0 Å². The first-order chi connectivity index (χ1) is 8.76. The second-order valence-electron chi connectivity index (χ2n) is 5.19. The highest BCUT2D eigenvalue weighted by atomic mass is 16.3. The third kappa shape index (κ3) is 2.85. The lowest BCUT2D eigenvalue weighted by atomic mass is 9.99. The summed E-state index contributed by atoms with van der Waals surface area (Å²) >= 11 is 0. The summed E-state index contributed by atoms with van der Waals surface area (Å²) in [7, 11) is 1.98. The molecule has 100 valence electrons. The van der Waals surface area contributed by atoms with Gasteiger partial charge in [0.2, 0.25) is 0 Å². The van der Waals surface area contributed by atoms with Crippen molar-refractivity contribution in [3.63, 3.8) is 0 Å². The molecule has 0 bridgehead atoms. The average Bonchev–Trinajstić information content (AvgIpc) is 2.39. The van der Waals surface area contributed by atoms with Crippen LogP contribution in [0.1, 0.15) is 30.4 Å². The number of aryl methyl sites for hydroxylation is 1. The van der Waals surface area contributed by atoms with E-state index in [1.807, 2.05) is 7.05 Å². The highest BCUT2D eigenvalue weighted by Crippen LogP contribution is 2.28. The molecule has 1 fully saturated rings. The van der Waals surface area contributed by atoms with Gasteiger partial charge in [0.1, 0.15) is 0 Å². The number of rotatable bonds is 4. The van der Waals surface area contributed by atoms with Gasteiger partial charge in [-0.25, -0.2) is 0 Å². The van der Waals surface area contributed by atoms with Crippen LogP contribution in [-0.2, 0) is 6.54 Å². The van der Waals surface area contributed by atoms with Gasteiger partial charge < -0.3 is 15.3 Å². The zero-order chi connectivity index (χ0) is 13.0. The molecule has 1 heterocycles. The molecule has 0 aromatic heterocycles. The Balaban J connectivity index is 2.29. The van der Waals surface area contributed by atoms with Gasteiger partial charge in [-0.15, -0.1) is 0 Å². The Morgan fingerprint density at radius 2 is 2.22 bits per heavy atom. The third-order valence-electron chi connectivity index (χ3n) is 3.75. The van der Waals surface area contributed by atoms with E-state index in [9.17, 15) is 5.11 Å². The lowest BCUT2D eigenvalue weighted by molar-refractivity contribution is 0.240. The van der Waals surface area contributed by atoms with Crippen molar-refractivity contribution in [2.75, 3.05) is 25.1 Å². The van der Waals surface area contributed by atoms with Crippen molar-refractivity contribution >= 4 is 5.69 Å². The molecule has 1 aliphatic rings. The van der Waals surface area contributed by atoms with Gasteiger partial charge in [-0.05, 0) is 44.9 Å². The zero-order valence-electron chi connectivity index (χ0n) is 11.4. The first-order valence-corrected chi connectivity index (χ1v) is 6.88. The van der Waals surface area contributed by atoms with Crippen LogP contribution in [0.2, 0.25) is 0 Å². The van der Waals surface area contributed by atoms with E-state index in [2.05, 4.69) is 35.3 Å². The second kappa shape index (κ2) is 6.21. The van der Waals surface area contributed by atoms with Crippen molar-refractivity contribution in [3.05, 3.63) is 29.3 Å².